The van der Waals surface area contributed by atoms with Crippen LogP contribution < -0.4 is 5.32 Å². The van der Waals surface area contributed by atoms with Gasteiger partial charge in [0.05, 0.1) is 0 Å². The maximum atomic E-state index is 12.8. The molecule has 1 amide bonds. The highest BCUT2D eigenvalue weighted by Gasteiger charge is 2.32. The molecule has 0 aliphatic heterocycles. The minimum atomic E-state index is -0.313. The van der Waals surface area contributed by atoms with Gasteiger partial charge in [0.2, 0.25) is 0 Å². The van der Waals surface area contributed by atoms with Crippen LogP contribution in [0.1, 0.15) is 43.5 Å². The smallest absolute Gasteiger partial charge is 0.251 e. The summed E-state index contributed by atoms with van der Waals surface area (Å²) in [5.74, 6) is 0.832. The second kappa shape index (κ2) is 5.51. The number of amides is 1. The molecule has 0 bridgehead atoms. The van der Waals surface area contributed by atoms with Crippen LogP contribution in [-0.4, -0.2) is 11.9 Å². The third-order valence-electron chi connectivity index (χ3n) is 4.17. The van der Waals surface area contributed by atoms with E-state index in [1.165, 1.54) is 37.1 Å². The molecule has 3 atom stereocenters. The Morgan fingerprint density at radius 3 is 2.56 bits per heavy atom. The summed E-state index contributed by atoms with van der Waals surface area (Å²) in [6.07, 6.45) is 3.41. The maximum Gasteiger partial charge on any atom is 0.251 e. The van der Waals surface area contributed by atoms with Crippen molar-refractivity contribution in [3.63, 3.8) is 0 Å². The average Bonchev–Trinajstić information content (AvgIpc) is 2.71. The van der Waals surface area contributed by atoms with Crippen LogP contribution in [0.25, 0.3) is 0 Å². The zero-order chi connectivity index (χ0) is 13.1. The molecule has 1 aliphatic carbocycles. The Balaban J connectivity index is 1.98. The van der Waals surface area contributed by atoms with E-state index >= 15 is 0 Å². The summed E-state index contributed by atoms with van der Waals surface area (Å²) in [7, 11) is 0. The number of carbonyl (C=O) groups excluding carboxylic acids is 1. The third kappa shape index (κ3) is 2.71. The zero-order valence-electron chi connectivity index (χ0n) is 10.9. The van der Waals surface area contributed by atoms with Crippen LogP contribution in [0.5, 0.6) is 0 Å². The summed E-state index contributed by atoms with van der Waals surface area (Å²) >= 11 is 0. The van der Waals surface area contributed by atoms with Gasteiger partial charge in [-0.1, -0.05) is 20.3 Å². The van der Waals surface area contributed by atoms with Gasteiger partial charge in [0.1, 0.15) is 5.82 Å². The first-order valence-electron chi connectivity index (χ1n) is 6.68. The highest BCUT2D eigenvalue weighted by molar-refractivity contribution is 5.94. The summed E-state index contributed by atoms with van der Waals surface area (Å²) in [5, 5.41) is 3.07. The van der Waals surface area contributed by atoms with E-state index in [9.17, 15) is 9.18 Å². The fourth-order valence-corrected chi connectivity index (χ4v) is 2.88. The first-order chi connectivity index (χ1) is 8.61. The minimum absolute atomic E-state index is 0.0939. The Morgan fingerprint density at radius 1 is 1.33 bits per heavy atom. The van der Waals surface area contributed by atoms with E-state index < -0.39 is 0 Å². The molecule has 1 aromatic rings. The lowest BCUT2D eigenvalue weighted by atomic mass is 9.93. The summed E-state index contributed by atoms with van der Waals surface area (Å²) in [6.45, 7) is 4.40. The van der Waals surface area contributed by atoms with Crippen molar-refractivity contribution in [3.8, 4) is 0 Å². The Bertz CT molecular complexity index is 415. The minimum Gasteiger partial charge on any atom is -0.349 e. The van der Waals surface area contributed by atoms with Gasteiger partial charge in [0, 0.05) is 11.6 Å². The first kappa shape index (κ1) is 13.1. The van der Waals surface area contributed by atoms with E-state index in [0.29, 0.717) is 17.4 Å². The molecule has 1 N–H and O–H groups in total. The van der Waals surface area contributed by atoms with Crippen LogP contribution in [0.15, 0.2) is 24.3 Å². The van der Waals surface area contributed by atoms with Gasteiger partial charge in [0.25, 0.3) is 5.91 Å². The molecule has 1 fully saturated rings. The Morgan fingerprint density at radius 2 is 2.00 bits per heavy atom. The highest BCUT2D eigenvalue weighted by Crippen LogP contribution is 2.33. The molecule has 1 aliphatic rings. The molecule has 3 heteroatoms. The van der Waals surface area contributed by atoms with E-state index in [1.807, 2.05) is 0 Å². The van der Waals surface area contributed by atoms with Crippen LogP contribution >= 0.6 is 0 Å². The fraction of sp³-hybridized carbons (Fsp3) is 0.533. The summed E-state index contributed by atoms with van der Waals surface area (Å²) in [4.78, 5) is 12.0. The largest absolute Gasteiger partial charge is 0.349 e. The van der Waals surface area contributed by atoms with Crippen molar-refractivity contribution >= 4 is 5.91 Å². The number of hydrogen-bond donors (Lipinski definition) is 1. The molecule has 1 saturated carbocycles. The number of rotatable bonds is 3. The van der Waals surface area contributed by atoms with Crippen molar-refractivity contribution < 1.29 is 9.18 Å². The second-order valence-corrected chi connectivity index (χ2v) is 5.19. The Kier molecular flexibility index (Phi) is 4.00. The summed E-state index contributed by atoms with van der Waals surface area (Å²) in [6, 6.07) is 5.96. The molecule has 2 rings (SSSR count). The normalized spacial score (nSPS) is 27.2. The van der Waals surface area contributed by atoms with Crippen molar-refractivity contribution in [1.29, 1.82) is 0 Å². The van der Waals surface area contributed by atoms with Crippen LogP contribution in [0, 0.1) is 17.7 Å². The van der Waals surface area contributed by atoms with Gasteiger partial charge in [-0.15, -0.1) is 0 Å². The van der Waals surface area contributed by atoms with Crippen LogP contribution in [-0.2, 0) is 0 Å². The summed E-state index contributed by atoms with van der Waals surface area (Å²) < 4.78 is 12.8. The molecule has 0 saturated heterocycles. The van der Waals surface area contributed by atoms with E-state index in [1.54, 1.807) is 0 Å². The number of benzene rings is 1. The predicted octanol–water partition coefficient (Wildman–Crippen LogP) is 3.38. The molecule has 1 aromatic carbocycles. The van der Waals surface area contributed by atoms with Crippen molar-refractivity contribution in [1.82, 2.24) is 5.32 Å². The molecular weight excluding hydrogens is 229 g/mol. The van der Waals surface area contributed by atoms with Crippen molar-refractivity contribution in [3.05, 3.63) is 35.6 Å². The SMILES string of the molecule is CCC1CCC(NC(=O)c2ccc(F)cc2)C1C. The predicted molar refractivity (Wildman–Crippen MR) is 69.8 cm³/mol. The molecular formula is C15H20FNO. The molecule has 0 radical (unpaired) electrons. The molecule has 2 nitrogen and oxygen atoms in total. The van der Waals surface area contributed by atoms with Crippen molar-refractivity contribution in [2.45, 2.75) is 39.2 Å². The topological polar surface area (TPSA) is 29.1 Å². The molecule has 0 aromatic heterocycles. The van der Waals surface area contributed by atoms with Gasteiger partial charge in [0.15, 0.2) is 0 Å². The lowest BCUT2D eigenvalue weighted by Gasteiger charge is -2.21. The first-order valence-corrected chi connectivity index (χ1v) is 6.68. The van der Waals surface area contributed by atoms with Gasteiger partial charge in [-0.2, -0.15) is 0 Å². The average molecular weight is 249 g/mol. The van der Waals surface area contributed by atoms with E-state index in [2.05, 4.69) is 19.2 Å². The van der Waals surface area contributed by atoms with Crippen LogP contribution in [0.2, 0.25) is 0 Å². The van der Waals surface area contributed by atoms with Crippen LogP contribution in [0.4, 0.5) is 4.39 Å². The molecule has 98 valence electrons. The van der Waals surface area contributed by atoms with E-state index in [-0.39, 0.29) is 17.8 Å². The number of carbonyl (C=O) groups is 1. The van der Waals surface area contributed by atoms with E-state index in [4.69, 9.17) is 0 Å². The van der Waals surface area contributed by atoms with Gasteiger partial charge in [-0.05, 0) is 48.9 Å². The van der Waals surface area contributed by atoms with Gasteiger partial charge in [-0.25, -0.2) is 4.39 Å². The summed E-state index contributed by atoms with van der Waals surface area (Å²) in [5.41, 5.74) is 0.531. The van der Waals surface area contributed by atoms with Crippen LogP contribution in [0.3, 0.4) is 0 Å². The third-order valence-corrected chi connectivity index (χ3v) is 4.17. The van der Waals surface area contributed by atoms with Gasteiger partial charge < -0.3 is 5.32 Å². The lowest BCUT2D eigenvalue weighted by Crippen LogP contribution is -2.37. The quantitative estimate of drug-likeness (QED) is 0.874. The van der Waals surface area contributed by atoms with Crippen molar-refractivity contribution in [2.75, 3.05) is 0 Å². The molecule has 18 heavy (non-hydrogen) atoms. The molecule has 0 spiro atoms. The molecule has 3 unspecified atom stereocenters. The van der Waals surface area contributed by atoms with E-state index in [0.717, 1.165) is 6.42 Å². The van der Waals surface area contributed by atoms with Gasteiger partial charge >= 0.3 is 0 Å². The zero-order valence-corrected chi connectivity index (χ0v) is 10.9. The monoisotopic (exact) mass is 249 g/mol. The highest BCUT2D eigenvalue weighted by atomic mass is 19.1. The lowest BCUT2D eigenvalue weighted by molar-refractivity contribution is 0.0926. The number of halogens is 1. The fourth-order valence-electron chi connectivity index (χ4n) is 2.88. The number of nitrogens with one attached hydrogen (secondary N) is 1. The second-order valence-electron chi connectivity index (χ2n) is 5.19. The number of hydrogen-bond acceptors (Lipinski definition) is 1. The Labute approximate surface area is 108 Å². The van der Waals surface area contributed by atoms with Crippen molar-refractivity contribution in [2.24, 2.45) is 11.8 Å². The maximum absolute atomic E-state index is 12.8. The Hall–Kier alpha value is -1.38. The van der Waals surface area contributed by atoms with Gasteiger partial charge in [-0.3, -0.25) is 4.79 Å². The standard InChI is InChI=1S/C15H20FNO/c1-3-11-6-9-14(10(11)2)17-15(18)12-4-7-13(16)8-5-12/h4-5,7-8,10-11,14H,3,6,9H2,1-2H3,(H,17,18). The molecule has 0 heterocycles.